The van der Waals surface area contributed by atoms with Crippen LogP contribution in [0.1, 0.15) is 11.1 Å². The van der Waals surface area contributed by atoms with Crippen LogP contribution < -0.4 is 5.32 Å². The molecule has 0 aliphatic heterocycles. The summed E-state index contributed by atoms with van der Waals surface area (Å²) in [5.74, 6) is 0.728. The van der Waals surface area contributed by atoms with Gasteiger partial charge < -0.3 is 10.1 Å². The van der Waals surface area contributed by atoms with Crippen LogP contribution in [-0.4, -0.2) is 34.6 Å². The summed E-state index contributed by atoms with van der Waals surface area (Å²) in [5.41, 5.74) is 2.50. The largest absolute Gasteiger partial charge is 0.384 e. The molecule has 2 rings (SSSR count). The van der Waals surface area contributed by atoms with Gasteiger partial charge in [0.2, 0.25) is 5.91 Å². The first-order chi connectivity index (χ1) is 11.7. The Kier molecular flexibility index (Phi) is 7.32. The van der Waals surface area contributed by atoms with E-state index in [1.165, 1.54) is 6.08 Å². The zero-order valence-electron chi connectivity index (χ0n) is 13.5. The summed E-state index contributed by atoms with van der Waals surface area (Å²) in [5, 5.41) is 2.80. The Labute approximate surface area is 144 Å². The molecule has 1 atom stereocenters. The van der Waals surface area contributed by atoms with E-state index in [-0.39, 0.29) is 5.91 Å². The van der Waals surface area contributed by atoms with Crippen molar-refractivity contribution < 1.29 is 13.7 Å². The molecule has 1 aromatic heterocycles. The van der Waals surface area contributed by atoms with Crippen LogP contribution in [0.15, 0.2) is 54.9 Å². The number of anilines is 1. The minimum Gasteiger partial charge on any atom is -0.384 e. The fourth-order valence-electron chi connectivity index (χ4n) is 2.00. The summed E-state index contributed by atoms with van der Waals surface area (Å²) in [7, 11) is 0.612. The molecule has 5 nitrogen and oxygen atoms in total. The average molecular weight is 344 g/mol. The van der Waals surface area contributed by atoms with Crippen molar-refractivity contribution in [2.75, 3.05) is 24.8 Å². The van der Waals surface area contributed by atoms with Crippen LogP contribution in [-0.2, 0) is 26.1 Å². The van der Waals surface area contributed by atoms with E-state index in [1.54, 1.807) is 31.6 Å². The Morgan fingerprint density at radius 1 is 1.29 bits per heavy atom. The Morgan fingerprint density at radius 3 is 2.83 bits per heavy atom. The molecule has 24 heavy (non-hydrogen) atoms. The Bertz CT molecular complexity index is 717. The summed E-state index contributed by atoms with van der Waals surface area (Å²) >= 11 is 0. The second kappa shape index (κ2) is 9.75. The SMILES string of the molecule is COCC[S@](=O)Cc1cccc(NC(=O)/C=C\c2ccncc2)c1. The van der Waals surface area contributed by atoms with Gasteiger partial charge in [0.05, 0.1) is 6.61 Å². The van der Waals surface area contributed by atoms with Crippen LogP contribution >= 0.6 is 0 Å². The van der Waals surface area contributed by atoms with E-state index in [9.17, 15) is 9.00 Å². The van der Waals surface area contributed by atoms with E-state index < -0.39 is 10.8 Å². The monoisotopic (exact) mass is 344 g/mol. The predicted molar refractivity (Wildman–Crippen MR) is 96.9 cm³/mol. The average Bonchev–Trinajstić information content (AvgIpc) is 2.59. The summed E-state index contributed by atoms with van der Waals surface area (Å²) in [6.07, 6.45) is 6.54. The molecule has 1 amide bonds. The van der Waals surface area contributed by atoms with Crippen LogP contribution in [0.4, 0.5) is 5.69 Å². The van der Waals surface area contributed by atoms with Gasteiger partial charge >= 0.3 is 0 Å². The maximum Gasteiger partial charge on any atom is 0.248 e. The van der Waals surface area contributed by atoms with E-state index in [4.69, 9.17) is 4.74 Å². The smallest absolute Gasteiger partial charge is 0.248 e. The third-order valence-electron chi connectivity index (χ3n) is 3.17. The number of amides is 1. The van der Waals surface area contributed by atoms with Crippen LogP contribution in [0.5, 0.6) is 0 Å². The molecule has 126 valence electrons. The third-order valence-corrected chi connectivity index (χ3v) is 4.45. The molecule has 0 saturated carbocycles. The number of ether oxygens (including phenoxy) is 1. The first-order valence-corrected chi connectivity index (χ1v) is 8.98. The highest BCUT2D eigenvalue weighted by Gasteiger charge is 2.04. The van der Waals surface area contributed by atoms with Gasteiger partial charge in [0.15, 0.2) is 0 Å². The number of pyridine rings is 1. The van der Waals surface area contributed by atoms with Crippen molar-refractivity contribution in [3.8, 4) is 0 Å². The van der Waals surface area contributed by atoms with E-state index in [2.05, 4.69) is 10.3 Å². The van der Waals surface area contributed by atoms with Gasteiger partial charge in [-0.05, 0) is 41.5 Å². The lowest BCUT2D eigenvalue weighted by molar-refractivity contribution is -0.111. The first-order valence-electron chi connectivity index (χ1n) is 7.49. The molecule has 0 spiro atoms. The van der Waals surface area contributed by atoms with Gasteiger partial charge in [0, 0.05) is 53.6 Å². The lowest BCUT2D eigenvalue weighted by Gasteiger charge is -2.06. The van der Waals surface area contributed by atoms with Crippen LogP contribution in [0.3, 0.4) is 0 Å². The van der Waals surface area contributed by atoms with Crippen molar-refractivity contribution in [2.45, 2.75) is 5.75 Å². The molecule has 2 aromatic rings. The number of rotatable bonds is 8. The Balaban J connectivity index is 1.92. The van der Waals surface area contributed by atoms with E-state index >= 15 is 0 Å². The molecule has 0 unspecified atom stereocenters. The predicted octanol–water partition coefficient (Wildman–Crippen LogP) is 2.63. The molecule has 0 radical (unpaired) electrons. The highest BCUT2D eigenvalue weighted by Crippen LogP contribution is 2.13. The zero-order valence-corrected chi connectivity index (χ0v) is 14.3. The molecule has 1 aromatic carbocycles. The van der Waals surface area contributed by atoms with Gasteiger partial charge in [-0.25, -0.2) is 0 Å². The molecule has 6 heteroatoms. The number of hydrogen-bond acceptors (Lipinski definition) is 4. The number of carbonyl (C=O) groups excluding carboxylic acids is 1. The highest BCUT2D eigenvalue weighted by molar-refractivity contribution is 7.84. The quantitative estimate of drug-likeness (QED) is 0.748. The minimum atomic E-state index is -0.978. The molecule has 1 heterocycles. The van der Waals surface area contributed by atoms with Crippen molar-refractivity contribution in [1.82, 2.24) is 4.98 Å². The van der Waals surface area contributed by atoms with Gasteiger partial charge in [0.25, 0.3) is 0 Å². The number of methoxy groups -OCH3 is 1. The first kappa shape index (κ1) is 18.0. The highest BCUT2D eigenvalue weighted by atomic mass is 32.2. The fraction of sp³-hybridized carbons (Fsp3) is 0.222. The van der Waals surface area contributed by atoms with Gasteiger partial charge in [-0.3, -0.25) is 14.0 Å². The number of benzene rings is 1. The number of nitrogens with zero attached hydrogens (tertiary/aromatic N) is 1. The summed E-state index contributed by atoms with van der Waals surface area (Å²) in [6, 6.07) is 11.0. The van der Waals surface area contributed by atoms with Crippen LogP contribution in [0.25, 0.3) is 6.08 Å². The fourth-order valence-corrected chi connectivity index (χ4v) is 3.05. The normalized spacial score (nSPS) is 12.2. The standard InChI is InChI=1S/C18H20N2O3S/c1-23-11-12-24(22)14-16-3-2-4-17(13-16)20-18(21)6-5-15-7-9-19-10-8-15/h2-10,13H,11-12,14H2,1H3,(H,20,21)/b6-5-/t24-/m0/s1. The second-order valence-corrected chi connectivity index (χ2v) is 6.66. The molecule has 0 saturated heterocycles. The lowest BCUT2D eigenvalue weighted by Crippen LogP contribution is -2.09. The van der Waals surface area contributed by atoms with Crippen LogP contribution in [0.2, 0.25) is 0 Å². The topological polar surface area (TPSA) is 68.3 Å². The van der Waals surface area contributed by atoms with Crippen molar-refractivity contribution in [3.05, 3.63) is 66.0 Å². The summed E-state index contributed by atoms with van der Waals surface area (Å²) < 4.78 is 16.8. The molecule has 0 fully saturated rings. The third kappa shape index (κ3) is 6.44. The van der Waals surface area contributed by atoms with Gasteiger partial charge in [0.1, 0.15) is 0 Å². The summed E-state index contributed by atoms with van der Waals surface area (Å²) in [6.45, 7) is 0.475. The van der Waals surface area contributed by atoms with E-state index in [0.29, 0.717) is 23.8 Å². The van der Waals surface area contributed by atoms with Crippen LogP contribution in [0, 0.1) is 0 Å². The molecular weight excluding hydrogens is 324 g/mol. The number of hydrogen-bond donors (Lipinski definition) is 1. The molecule has 0 aliphatic rings. The Hall–Kier alpha value is -2.31. The number of carbonyl (C=O) groups is 1. The van der Waals surface area contributed by atoms with Gasteiger partial charge in [-0.1, -0.05) is 12.1 Å². The number of nitrogens with one attached hydrogen (secondary N) is 1. The van der Waals surface area contributed by atoms with Gasteiger partial charge in [-0.15, -0.1) is 0 Å². The van der Waals surface area contributed by atoms with Crippen molar-refractivity contribution >= 4 is 28.5 Å². The molecule has 0 bridgehead atoms. The summed E-state index contributed by atoms with van der Waals surface area (Å²) in [4.78, 5) is 15.9. The zero-order chi connectivity index (χ0) is 17.2. The van der Waals surface area contributed by atoms with Crippen molar-refractivity contribution in [1.29, 1.82) is 0 Å². The maximum absolute atomic E-state index is 12.0. The molecular formula is C18H20N2O3S. The van der Waals surface area contributed by atoms with E-state index in [0.717, 1.165) is 11.1 Å². The van der Waals surface area contributed by atoms with Crippen molar-refractivity contribution in [3.63, 3.8) is 0 Å². The van der Waals surface area contributed by atoms with E-state index in [1.807, 2.05) is 30.3 Å². The second-order valence-electron chi connectivity index (χ2n) is 5.08. The van der Waals surface area contributed by atoms with Gasteiger partial charge in [-0.2, -0.15) is 0 Å². The minimum absolute atomic E-state index is 0.218. The molecule has 0 aliphatic carbocycles. The maximum atomic E-state index is 12.0. The lowest BCUT2D eigenvalue weighted by atomic mass is 10.2. The molecule has 1 N–H and O–H groups in total. The van der Waals surface area contributed by atoms with Crippen molar-refractivity contribution in [2.24, 2.45) is 0 Å². The number of aromatic nitrogens is 1. The Morgan fingerprint density at radius 2 is 2.08 bits per heavy atom.